The maximum Gasteiger partial charge on any atom is 0.196 e. The van der Waals surface area contributed by atoms with Gasteiger partial charge in [-0.2, -0.15) is 0 Å². The predicted octanol–water partition coefficient (Wildman–Crippen LogP) is 4.23. The molecule has 0 bridgehead atoms. The average Bonchev–Trinajstić information content (AvgIpc) is 3.66. The molecule has 0 saturated heterocycles. The van der Waals surface area contributed by atoms with E-state index in [2.05, 4.69) is 10.6 Å². The molecule has 1 saturated carbocycles. The van der Waals surface area contributed by atoms with Crippen molar-refractivity contribution in [2.24, 2.45) is 10.9 Å². The number of anilines is 1. The van der Waals surface area contributed by atoms with Crippen LogP contribution in [0.2, 0.25) is 0 Å². The first-order valence-electron chi connectivity index (χ1n) is 11.5. The maximum atomic E-state index is 5.82. The van der Waals surface area contributed by atoms with E-state index < -0.39 is 0 Å². The Kier molecular flexibility index (Phi) is 8.09. The number of para-hydroxylation sites is 1. The zero-order chi connectivity index (χ0) is 22.0. The molecule has 0 spiro atoms. The highest BCUT2D eigenvalue weighted by Crippen LogP contribution is 2.32. The van der Waals surface area contributed by atoms with Gasteiger partial charge < -0.3 is 29.6 Å². The van der Waals surface area contributed by atoms with E-state index in [1.807, 2.05) is 42.5 Å². The molecule has 2 aliphatic rings. The third-order valence-electron chi connectivity index (χ3n) is 5.42. The van der Waals surface area contributed by atoms with Crippen LogP contribution in [0.4, 0.5) is 5.69 Å². The summed E-state index contributed by atoms with van der Waals surface area (Å²) in [4.78, 5) is 4.79. The van der Waals surface area contributed by atoms with Crippen LogP contribution in [0, 0.1) is 5.92 Å². The molecular formula is C25H33N3O4. The zero-order valence-corrected chi connectivity index (χ0v) is 18.8. The minimum atomic E-state index is 0.502. The summed E-state index contributed by atoms with van der Waals surface area (Å²) in [5.41, 5.74) is 1.92. The van der Waals surface area contributed by atoms with Crippen LogP contribution in [-0.4, -0.2) is 46.0 Å². The van der Waals surface area contributed by atoms with E-state index in [0.717, 1.165) is 67.0 Å². The van der Waals surface area contributed by atoms with Gasteiger partial charge in [-0.1, -0.05) is 18.2 Å². The lowest BCUT2D eigenvalue weighted by molar-refractivity contribution is 0.123. The van der Waals surface area contributed by atoms with Crippen molar-refractivity contribution in [1.29, 1.82) is 0 Å². The lowest BCUT2D eigenvalue weighted by Crippen LogP contribution is -2.32. The Bertz CT molecular complexity index is 899. The van der Waals surface area contributed by atoms with Crippen LogP contribution in [0.25, 0.3) is 0 Å². The summed E-state index contributed by atoms with van der Waals surface area (Å²) in [6, 6.07) is 13.8. The van der Waals surface area contributed by atoms with Crippen LogP contribution >= 0.6 is 0 Å². The molecule has 1 fully saturated rings. The van der Waals surface area contributed by atoms with Crippen LogP contribution < -0.4 is 24.8 Å². The molecular weight excluding hydrogens is 406 g/mol. The van der Waals surface area contributed by atoms with Crippen molar-refractivity contribution in [3.63, 3.8) is 0 Å². The third kappa shape index (κ3) is 6.79. The van der Waals surface area contributed by atoms with Crippen LogP contribution in [-0.2, 0) is 11.3 Å². The van der Waals surface area contributed by atoms with Gasteiger partial charge in [0.25, 0.3) is 0 Å². The number of nitrogens with zero attached hydrogens (tertiary/aromatic N) is 1. The van der Waals surface area contributed by atoms with E-state index in [0.29, 0.717) is 25.7 Å². The highest BCUT2D eigenvalue weighted by Gasteiger charge is 2.20. The quantitative estimate of drug-likeness (QED) is 0.328. The molecule has 1 heterocycles. The first-order valence-corrected chi connectivity index (χ1v) is 11.5. The van der Waals surface area contributed by atoms with Gasteiger partial charge in [0.1, 0.15) is 5.75 Å². The molecule has 1 aliphatic heterocycles. The van der Waals surface area contributed by atoms with Crippen molar-refractivity contribution in [2.75, 3.05) is 45.4 Å². The molecule has 0 unspecified atom stereocenters. The number of benzene rings is 2. The van der Waals surface area contributed by atoms with E-state index >= 15 is 0 Å². The molecule has 4 rings (SSSR count). The summed E-state index contributed by atoms with van der Waals surface area (Å²) in [5.74, 6) is 3.86. The molecule has 7 heteroatoms. The molecule has 2 N–H and O–H groups in total. The van der Waals surface area contributed by atoms with Gasteiger partial charge in [-0.05, 0) is 43.4 Å². The van der Waals surface area contributed by atoms with Crippen LogP contribution in [0.5, 0.6) is 17.2 Å². The Morgan fingerprint density at radius 1 is 1.09 bits per heavy atom. The molecule has 1 aliphatic carbocycles. The largest absolute Gasteiger partial charge is 0.496 e. The molecule has 2 aromatic carbocycles. The van der Waals surface area contributed by atoms with E-state index in [9.17, 15) is 0 Å². The number of hydrogen-bond donors (Lipinski definition) is 2. The molecule has 172 valence electrons. The number of guanidine groups is 1. The lowest BCUT2D eigenvalue weighted by Gasteiger charge is -2.15. The smallest absolute Gasteiger partial charge is 0.196 e. The summed E-state index contributed by atoms with van der Waals surface area (Å²) >= 11 is 0. The Morgan fingerprint density at radius 2 is 1.94 bits per heavy atom. The van der Waals surface area contributed by atoms with Crippen molar-refractivity contribution in [2.45, 2.75) is 32.2 Å². The SMILES string of the molecule is COc1ccccc1CN=C(NCCCOCC1CC1)Nc1ccc2c(c1)OCCCO2. The molecule has 0 amide bonds. The van der Waals surface area contributed by atoms with Crippen molar-refractivity contribution in [3.8, 4) is 17.2 Å². The summed E-state index contributed by atoms with van der Waals surface area (Å²) in [6.45, 7) is 4.26. The highest BCUT2D eigenvalue weighted by molar-refractivity contribution is 5.94. The number of hydrogen-bond acceptors (Lipinski definition) is 5. The second-order valence-corrected chi connectivity index (χ2v) is 8.11. The molecule has 7 nitrogen and oxygen atoms in total. The normalized spacial score (nSPS) is 15.7. The number of nitrogens with one attached hydrogen (secondary N) is 2. The maximum absolute atomic E-state index is 5.82. The number of methoxy groups -OCH3 is 1. The van der Waals surface area contributed by atoms with E-state index in [-0.39, 0.29) is 0 Å². The fourth-order valence-electron chi connectivity index (χ4n) is 3.43. The first kappa shape index (κ1) is 22.3. The number of aliphatic imine (C=N–C) groups is 1. The van der Waals surface area contributed by atoms with Gasteiger partial charge in [-0.25, -0.2) is 4.99 Å². The standard InChI is InChI=1S/C25H33N3O4/c1-29-22-7-3-2-6-20(22)17-27-25(26-12-4-13-30-18-19-8-9-19)28-21-10-11-23-24(16-21)32-15-5-14-31-23/h2-3,6-7,10-11,16,19H,4-5,8-9,12-15,17-18H2,1H3,(H2,26,27,28). The Balaban J connectivity index is 1.39. The first-order chi connectivity index (χ1) is 15.8. The summed E-state index contributed by atoms with van der Waals surface area (Å²) in [6.07, 6.45) is 4.44. The van der Waals surface area contributed by atoms with Gasteiger partial charge in [-0.15, -0.1) is 0 Å². The molecule has 0 aromatic heterocycles. The van der Waals surface area contributed by atoms with Gasteiger partial charge in [0.2, 0.25) is 0 Å². The van der Waals surface area contributed by atoms with Crippen LogP contribution in [0.1, 0.15) is 31.2 Å². The van der Waals surface area contributed by atoms with E-state index in [4.69, 9.17) is 23.9 Å². The second-order valence-electron chi connectivity index (χ2n) is 8.11. The Morgan fingerprint density at radius 3 is 2.78 bits per heavy atom. The van der Waals surface area contributed by atoms with Gasteiger partial charge in [0.05, 0.1) is 26.9 Å². The number of fused-ring (bicyclic) bond motifs is 1. The van der Waals surface area contributed by atoms with Gasteiger partial charge >= 0.3 is 0 Å². The molecule has 32 heavy (non-hydrogen) atoms. The molecule has 0 atom stereocenters. The summed E-state index contributed by atoms with van der Waals surface area (Å²) in [7, 11) is 1.68. The van der Waals surface area contributed by atoms with E-state index in [1.165, 1.54) is 12.8 Å². The van der Waals surface area contributed by atoms with Crippen molar-refractivity contribution >= 4 is 11.6 Å². The Labute approximate surface area is 190 Å². The minimum Gasteiger partial charge on any atom is -0.496 e. The summed E-state index contributed by atoms with van der Waals surface area (Å²) < 4.78 is 22.8. The monoisotopic (exact) mass is 439 g/mol. The minimum absolute atomic E-state index is 0.502. The van der Waals surface area contributed by atoms with Crippen LogP contribution in [0.3, 0.4) is 0 Å². The molecule has 0 radical (unpaired) electrons. The van der Waals surface area contributed by atoms with Crippen molar-refractivity contribution < 1.29 is 18.9 Å². The average molecular weight is 440 g/mol. The highest BCUT2D eigenvalue weighted by atomic mass is 16.5. The predicted molar refractivity (Wildman–Crippen MR) is 126 cm³/mol. The molecule has 2 aromatic rings. The second kappa shape index (κ2) is 11.6. The number of ether oxygens (including phenoxy) is 4. The number of rotatable bonds is 10. The summed E-state index contributed by atoms with van der Waals surface area (Å²) in [5, 5.41) is 6.82. The third-order valence-corrected chi connectivity index (χ3v) is 5.42. The topological polar surface area (TPSA) is 73.3 Å². The van der Waals surface area contributed by atoms with Crippen molar-refractivity contribution in [3.05, 3.63) is 48.0 Å². The van der Waals surface area contributed by atoms with Gasteiger partial charge in [-0.3, -0.25) is 0 Å². The van der Waals surface area contributed by atoms with Crippen LogP contribution in [0.15, 0.2) is 47.5 Å². The van der Waals surface area contributed by atoms with Gasteiger partial charge in [0.15, 0.2) is 17.5 Å². The fourth-order valence-corrected chi connectivity index (χ4v) is 3.43. The Hall–Kier alpha value is -2.93. The fraction of sp³-hybridized carbons (Fsp3) is 0.480. The lowest BCUT2D eigenvalue weighted by atomic mass is 10.2. The zero-order valence-electron chi connectivity index (χ0n) is 18.8. The van der Waals surface area contributed by atoms with Gasteiger partial charge in [0, 0.05) is 43.5 Å². The van der Waals surface area contributed by atoms with E-state index in [1.54, 1.807) is 7.11 Å². The van der Waals surface area contributed by atoms with Crippen molar-refractivity contribution in [1.82, 2.24) is 5.32 Å².